The molecule has 3 nitrogen and oxygen atoms in total. The van der Waals surface area contributed by atoms with Crippen LogP contribution in [0.25, 0.3) is 0 Å². The second kappa shape index (κ2) is 6.39. The van der Waals surface area contributed by atoms with Gasteiger partial charge >= 0.3 is 0 Å². The van der Waals surface area contributed by atoms with Crippen molar-refractivity contribution >= 4 is 5.91 Å². The SMILES string of the molecule is C[C@H](NC(=O)CCC1CCCC1)[C@H]1CCCO1. The van der Waals surface area contributed by atoms with Crippen molar-refractivity contribution in [3.63, 3.8) is 0 Å². The first-order valence-electron chi connectivity index (χ1n) is 7.16. The van der Waals surface area contributed by atoms with Crippen LogP contribution in [0.2, 0.25) is 0 Å². The van der Waals surface area contributed by atoms with Gasteiger partial charge in [-0.05, 0) is 32.1 Å². The molecule has 1 heterocycles. The Kier molecular flexibility index (Phi) is 4.84. The quantitative estimate of drug-likeness (QED) is 0.801. The Morgan fingerprint density at radius 3 is 2.71 bits per heavy atom. The molecule has 0 aromatic rings. The molecule has 2 atom stereocenters. The molecule has 1 aliphatic carbocycles. The third-order valence-corrected chi connectivity index (χ3v) is 4.17. The molecule has 0 spiro atoms. The summed E-state index contributed by atoms with van der Waals surface area (Å²) in [6.45, 7) is 2.91. The van der Waals surface area contributed by atoms with Crippen LogP contribution in [0.1, 0.15) is 58.3 Å². The Labute approximate surface area is 104 Å². The molecule has 0 radical (unpaired) electrons. The van der Waals surface area contributed by atoms with Crippen LogP contribution in [-0.4, -0.2) is 24.7 Å². The standard InChI is InChI=1S/C14H25NO2/c1-11(13-7-4-10-17-13)15-14(16)9-8-12-5-2-3-6-12/h11-13H,2-10H2,1H3,(H,15,16)/t11-,13+/m0/s1. The summed E-state index contributed by atoms with van der Waals surface area (Å²) in [5, 5.41) is 3.08. The molecule has 0 unspecified atom stereocenters. The van der Waals surface area contributed by atoms with E-state index in [1.54, 1.807) is 0 Å². The van der Waals surface area contributed by atoms with Crippen LogP contribution < -0.4 is 5.32 Å². The van der Waals surface area contributed by atoms with Crippen molar-refractivity contribution in [3.05, 3.63) is 0 Å². The molecule has 98 valence electrons. The number of hydrogen-bond acceptors (Lipinski definition) is 2. The molecule has 2 aliphatic rings. The normalized spacial score (nSPS) is 27.2. The predicted molar refractivity (Wildman–Crippen MR) is 67.8 cm³/mol. The van der Waals surface area contributed by atoms with Crippen molar-refractivity contribution in [2.45, 2.75) is 70.4 Å². The van der Waals surface area contributed by atoms with Gasteiger partial charge in [-0.1, -0.05) is 25.7 Å². The van der Waals surface area contributed by atoms with Gasteiger partial charge in [0.15, 0.2) is 0 Å². The third-order valence-electron chi connectivity index (χ3n) is 4.17. The minimum atomic E-state index is 0.175. The molecule has 1 amide bonds. The molecule has 0 aromatic carbocycles. The van der Waals surface area contributed by atoms with Gasteiger partial charge in [0.25, 0.3) is 0 Å². The largest absolute Gasteiger partial charge is 0.376 e. The van der Waals surface area contributed by atoms with E-state index >= 15 is 0 Å². The molecule has 1 saturated carbocycles. The summed E-state index contributed by atoms with van der Waals surface area (Å²) in [5.74, 6) is 1.01. The smallest absolute Gasteiger partial charge is 0.220 e. The molecule has 2 rings (SSSR count). The monoisotopic (exact) mass is 239 g/mol. The zero-order chi connectivity index (χ0) is 12.1. The van der Waals surface area contributed by atoms with Crippen molar-refractivity contribution < 1.29 is 9.53 Å². The zero-order valence-electron chi connectivity index (χ0n) is 10.9. The van der Waals surface area contributed by atoms with Crippen LogP contribution in [0, 0.1) is 5.92 Å². The first kappa shape index (κ1) is 12.9. The Bertz CT molecular complexity index is 243. The second-order valence-electron chi connectivity index (χ2n) is 5.60. The summed E-state index contributed by atoms with van der Waals surface area (Å²) in [6.07, 6.45) is 9.61. The van der Waals surface area contributed by atoms with Crippen molar-refractivity contribution in [2.24, 2.45) is 5.92 Å². The predicted octanol–water partition coefficient (Wildman–Crippen LogP) is 2.64. The molecule has 1 aliphatic heterocycles. The lowest BCUT2D eigenvalue weighted by molar-refractivity contribution is -0.122. The van der Waals surface area contributed by atoms with E-state index in [2.05, 4.69) is 12.2 Å². The summed E-state index contributed by atoms with van der Waals surface area (Å²) in [4.78, 5) is 11.8. The van der Waals surface area contributed by atoms with Gasteiger partial charge in [0.1, 0.15) is 0 Å². The van der Waals surface area contributed by atoms with E-state index < -0.39 is 0 Å². The Balaban J connectivity index is 1.62. The van der Waals surface area contributed by atoms with Crippen LogP contribution >= 0.6 is 0 Å². The van der Waals surface area contributed by atoms with E-state index in [9.17, 15) is 4.79 Å². The molecule has 0 aromatic heterocycles. The Morgan fingerprint density at radius 1 is 1.29 bits per heavy atom. The minimum absolute atomic E-state index is 0.175. The maximum atomic E-state index is 11.8. The summed E-state index contributed by atoms with van der Waals surface area (Å²) in [5.41, 5.74) is 0. The second-order valence-corrected chi connectivity index (χ2v) is 5.60. The highest BCUT2D eigenvalue weighted by molar-refractivity contribution is 5.76. The van der Waals surface area contributed by atoms with Crippen molar-refractivity contribution in [1.82, 2.24) is 5.32 Å². The minimum Gasteiger partial charge on any atom is -0.376 e. The summed E-state index contributed by atoms with van der Waals surface area (Å²) in [6, 6.07) is 0.175. The summed E-state index contributed by atoms with van der Waals surface area (Å²) in [7, 11) is 0. The highest BCUT2D eigenvalue weighted by atomic mass is 16.5. The zero-order valence-corrected chi connectivity index (χ0v) is 10.9. The fourth-order valence-corrected chi connectivity index (χ4v) is 3.05. The van der Waals surface area contributed by atoms with E-state index in [1.807, 2.05) is 0 Å². The average molecular weight is 239 g/mol. The van der Waals surface area contributed by atoms with Crippen LogP contribution in [-0.2, 0) is 9.53 Å². The van der Waals surface area contributed by atoms with Gasteiger partial charge in [-0.2, -0.15) is 0 Å². The van der Waals surface area contributed by atoms with Gasteiger partial charge in [-0.3, -0.25) is 4.79 Å². The van der Waals surface area contributed by atoms with Crippen molar-refractivity contribution in [3.8, 4) is 0 Å². The third kappa shape index (κ3) is 3.98. The molecule has 1 N–H and O–H groups in total. The topological polar surface area (TPSA) is 38.3 Å². The van der Waals surface area contributed by atoms with Gasteiger partial charge in [0.05, 0.1) is 12.1 Å². The van der Waals surface area contributed by atoms with E-state index in [0.29, 0.717) is 6.42 Å². The molecular weight excluding hydrogens is 214 g/mol. The lowest BCUT2D eigenvalue weighted by Gasteiger charge is -2.20. The van der Waals surface area contributed by atoms with Crippen LogP contribution in [0.3, 0.4) is 0 Å². The number of carbonyl (C=O) groups is 1. The van der Waals surface area contributed by atoms with Crippen molar-refractivity contribution in [2.75, 3.05) is 6.61 Å². The molecule has 0 bridgehead atoms. The van der Waals surface area contributed by atoms with Crippen LogP contribution in [0.15, 0.2) is 0 Å². The first-order chi connectivity index (χ1) is 8.25. The van der Waals surface area contributed by atoms with E-state index in [-0.39, 0.29) is 18.1 Å². The summed E-state index contributed by atoms with van der Waals surface area (Å²) >= 11 is 0. The van der Waals surface area contributed by atoms with Gasteiger partial charge in [-0.25, -0.2) is 0 Å². The Hall–Kier alpha value is -0.570. The van der Waals surface area contributed by atoms with Crippen LogP contribution in [0.4, 0.5) is 0 Å². The molecule has 17 heavy (non-hydrogen) atoms. The average Bonchev–Trinajstić information content (AvgIpc) is 2.99. The molecular formula is C14H25NO2. The molecule has 1 saturated heterocycles. The lowest BCUT2D eigenvalue weighted by atomic mass is 10.0. The van der Waals surface area contributed by atoms with Gasteiger partial charge in [-0.15, -0.1) is 0 Å². The number of carbonyl (C=O) groups excluding carboxylic acids is 1. The highest BCUT2D eigenvalue weighted by Crippen LogP contribution is 2.28. The van der Waals surface area contributed by atoms with Gasteiger partial charge in [0.2, 0.25) is 5.91 Å². The first-order valence-corrected chi connectivity index (χ1v) is 7.16. The fraction of sp³-hybridized carbons (Fsp3) is 0.929. The molecule has 2 fully saturated rings. The van der Waals surface area contributed by atoms with E-state index in [4.69, 9.17) is 4.74 Å². The Morgan fingerprint density at radius 2 is 2.06 bits per heavy atom. The number of rotatable bonds is 5. The van der Waals surface area contributed by atoms with E-state index in [1.165, 1.54) is 25.7 Å². The van der Waals surface area contributed by atoms with Gasteiger partial charge < -0.3 is 10.1 Å². The van der Waals surface area contributed by atoms with E-state index in [0.717, 1.165) is 31.8 Å². The number of nitrogens with one attached hydrogen (secondary N) is 1. The maximum absolute atomic E-state index is 11.8. The maximum Gasteiger partial charge on any atom is 0.220 e. The lowest BCUT2D eigenvalue weighted by Crippen LogP contribution is -2.40. The number of amides is 1. The summed E-state index contributed by atoms with van der Waals surface area (Å²) < 4.78 is 5.58. The number of ether oxygens (including phenoxy) is 1. The van der Waals surface area contributed by atoms with Gasteiger partial charge in [0, 0.05) is 13.0 Å². The molecule has 3 heteroatoms. The van der Waals surface area contributed by atoms with Crippen LogP contribution in [0.5, 0.6) is 0 Å². The highest BCUT2D eigenvalue weighted by Gasteiger charge is 2.24. The van der Waals surface area contributed by atoms with Crippen molar-refractivity contribution in [1.29, 1.82) is 0 Å². The number of hydrogen-bond donors (Lipinski definition) is 1. The fourth-order valence-electron chi connectivity index (χ4n) is 3.05.